The first-order valence-corrected chi connectivity index (χ1v) is 6.59. The third-order valence-corrected chi connectivity index (χ3v) is 4.07. The van der Waals surface area contributed by atoms with E-state index in [9.17, 15) is 4.79 Å². The highest BCUT2D eigenvalue weighted by molar-refractivity contribution is 5.96. The Labute approximate surface area is 113 Å². The van der Waals surface area contributed by atoms with Gasteiger partial charge in [0, 0.05) is 26.8 Å². The van der Waals surface area contributed by atoms with Crippen LogP contribution in [-0.2, 0) is 16.6 Å². The van der Waals surface area contributed by atoms with Gasteiger partial charge in [0.2, 0.25) is 5.91 Å². The molecule has 0 saturated carbocycles. The van der Waals surface area contributed by atoms with Crippen LogP contribution in [0, 0.1) is 19.3 Å². The van der Waals surface area contributed by atoms with Crippen LogP contribution < -0.4 is 11.1 Å². The van der Waals surface area contributed by atoms with Gasteiger partial charge in [-0.1, -0.05) is 0 Å². The summed E-state index contributed by atoms with van der Waals surface area (Å²) in [6.45, 7) is 5.36. The lowest BCUT2D eigenvalue weighted by atomic mass is 9.79. The number of amides is 1. The van der Waals surface area contributed by atoms with Gasteiger partial charge in [0.25, 0.3) is 0 Å². The Morgan fingerprint density at radius 2 is 2.11 bits per heavy atom. The van der Waals surface area contributed by atoms with Crippen molar-refractivity contribution >= 4 is 11.6 Å². The minimum absolute atomic E-state index is 0.0162. The van der Waals surface area contributed by atoms with E-state index in [0.717, 1.165) is 17.1 Å². The molecule has 0 spiro atoms. The number of hydrogen-bond donors (Lipinski definition) is 2. The van der Waals surface area contributed by atoms with Crippen LogP contribution in [0.5, 0.6) is 0 Å². The van der Waals surface area contributed by atoms with Crippen molar-refractivity contribution in [2.24, 2.45) is 18.2 Å². The molecule has 0 unspecified atom stereocenters. The van der Waals surface area contributed by atoms with Crippen molar-refractivity contribution in [3.63, 3.8) is 0 Å². The summed E-state index contributed by atoms with van der Waals surface area (Å²) < 4.78 is 7.09. The van der Waals surface area contributed by atoms with Crippen LogP contribution >= 0.6 is 0 Å². The van der Waals surface area contributed by atoms with Gasteiger partial charge in [0.1, 0.15) is 0 Å². The second-order valence-electron chi connectivity index (χ2n) is 5.22. The minimum Gasteiger partial charge on any atom is -0.381 e. The van der Waals surface area contributed by atoms with Crippen molar-refractivity contribution in [2.45, 2.75) is 26.7 Å². The maximum absolute atomic E-state index is 12.6. The molecule has 1 aromatic heterocycles. The average molecular weight is 266 g/mol. The average Bonchev–Trinajstić information content (AvgIpc) is 2.66. The second-order valence-corrected chi connectivity index (χ2v) is 5.22. The molecule has 1 saturated heterocycles. The van der Waals surface area contributed by atoms with Gasteiger partial charge < -0.3 is 15.8 Å². The van der Waals surface area contributed by atoms with E-state index in [1.165, 1.54) is 0 Å². The SMILES string of the molecule is Cc1nn(C)c(C)c1NC(=O)C1(CN)CCOCC1. The first-order valence-electron chi connectivity index (χ1n) is 6.59. The molecule has 19 heavy (non-hydrogen) atoms. The zero-order chi connectivity index (χ0) is 14.0. The van der Waals surface area contributed by atoms with Gasteiger partial charge in [-0.3, -0.25) is 9.48 Å². The molecule has 2 heterocycles. The monoisotopic (exact) mass is 266 g/mol. The van der Waals surface area contributed by atoms with Crippen LogP contribution in [0.15, 0.2) is 0 Å². The van der Waals surface area contributed by atoms with Crippen LogP contribution in [0.3, 0.4) is 0 Å². The standard InChI is InChI=1S/C13H22N4O2/c1-9-11(10(2)17(3)16-9)15-12(18)13(8-14)4-6-19-7-5-13/h4-8,14H2,1-3H3,(H,15,18). The van der Waals surface area contributed by atoms with Gasteiger partial charge in [-0.25, -0.2) is 0 Å². The Morgan fingerprint density at radius 1 is 1.47 bits per heavy atom. The summed E-state index contributed by atoms with van der Waals surface area (Å²) in [5, 5.41) is 7.31. The molecule has 1 fully saturated rings. The van der Waals surface area contributed by atoms with Crippen LogP contribution in [0.4, 0.5) is 5.69 Å². The molecule has 1 aliphatic heterocycles. The van der Waals surface area contributed by atoms with E-state index < -0.39 is 5.41 Å². The van der Waals surface area contributed by atoms with E-state index in [2.05, 4.69) is 10.4 Å². The van der Waals surface area contributed by atoms with E-state index in [1.54, 1.807) is 4.68 Å². The maximum atomic E-state index is 12.6. The quantitative estimate of drug-likeness (QED) is 0.845. The molecular weight excluding hydrogens is 244 g/mol. The smallest absolute Gasteiger partial charge is 0.232 e. The normalized spacial score (nSPS) is 18.3. The largest absolute Gasteiger partial charge is 0.381 e. The highest BCUT2D eigenvalue weighted by Crippen LogP contribution is 2.31. The molecule has 2 rings (SSSR count). The Bertz CT molecular complexity index is 475. The second kappa shape index (κ2) is 5.30. The van der Waals surface area contributed by atoms with E-state index in [1.807, 2.05) is 20.9 Å². The number of nitrogens with one attached hydrogen (secondary N) is 1. The number of aromatic nitrogens is 2. The molecule has 0 bridgehead atoms. The van der Waals surface area contributed by atoms with Gasteiger partial charge >= 0.3 is 0 Å². The van der Waals surface area contributed by atoms with Crippen LogP contribution in [0.25, 0.3) is 0 Å². The molecule has 0 aliphatic carbocycles. The van der Waals surface area contributed by atoms with Gasteiger partial charge in [0.05, 0.1) is 22.5 Å². The lowest BCUT2D eigenvalue weighted by Crippen LogP contribution is -2.46. The summed E-state index contributed by atoms with van der Waals surface area (Å²) >= 11 is 0. The predicted molar refractivity (Wildman–Crippen MR) is 72.9 cm³/mol. The fourth-order valence-corrected chi connectivity index (χ4v) is 2.49. The Morgan fingerprint density at radius 3 is 2.58 bits per heavy atom. The van der Waals surface area contributed by atoms with Crippen molar-refractivity contribution < 1.29 is 9.53 Å². The molecule has 6 heteroatoms. The first-order chi connectivity index (χ1) is 9.00. The van der Waals surface area contributed by atoms with Crippen molar-refractivity contribution in [1.29, 1.82) is 0 Å². The van der Waals surface area contributed by atoms with Gasteiger partial charge in [-0.2, -0.15) is 5.10 Å². The van der Waals surface area contributed by atoms with E-state index in [-0.39, 0.29) is 5.91 Å². The zero-order valence-corrected chi connectivity index (χ0v) is 11.8. The number of aryl methyl sites for hydroxylation is 2. The van der Waals surface area contributed by atoms with Crippen molar-refractivity contribution in [3.05, 3.63) is 11.4 Å². The third kappa shape index (κ3) is 2.50. The van der Waals surface area contributed by atoms with E-state index >= 15 is 0 Å². The molecule has 1 aliphatic rings. The molecule has 0 aromatic carbocycles. The number of nitrogens with two attached hydrogens (primary N) is 1. The molecular formula is C13H22N4O2. The number of anilines is 1. The minimum atomic E-state index is -0.507. The summed E-state index contributed by atoms with van der Waals surface area (Å²) in [7, 11) is 1.87. The van der Waals surface area contributed by atoms with Crippen LogP contribution in [0.1, 0.15) is 24.2 Å². The van der Waals surface area contributed by atoms with Gasteiger partial charge in [0.15, 0.2) is 0 Å². The summed E-state index contributed by atoms with van der Waals surface area (Å²) in [5.41, 5.74) is 7.90. The molecule has 1 amide bonds. The molecule has 106 valence electrons. The molecule has 0 radical (unpaired) electrons. The summed E-state index contributed by atoms with van der Waals surface area (Å²) in [4.78, 5) is 12.6. The lowest BCUT2D eigenvalue weighted by molar-refractivity contribution is -0.130. The Kier molecular flexibility index (Phi) is 3.91. The number of rotatable bonds is 3. The van der Waals surface area contributed by atoms with E-state index in [4.69, 9.17) is 10.5 Å². The topological polar surface area (TPSA) is 82.2 Å². The number of ether oxygens (including phenoxy) is 1. The lowest BCUT2D eigenvalue weighted by Gasteiger charge is -2.34. The maximum Gasteiger partial charge on any atom is 0.232 e. The highest BCUT2D eigenvalue weighted by Gasteiger charge is 2.39. The Balaban J connectivity index is 2.19. The molecule has 6 nitrogen and oxygen atoms in total. The summed E-state index contributed by atoms with van der Waals surface area (Å²) in [6.07, 6.45) is 1.35. The van der Waals surface area contributed by atoms with Crippen LogP contribution in [-0.4, -0.2) is 35.4 Å². The Hall–Kier alpha value is -1.40. The fourth-order valence-electron chi connectivity index (χ4n) is 2.49. The van der Waals surface area contributed by atoms with Gasteiger partial charge in [-0.05, 0) is 26.7 Å². The van der Waals surface area contributed by atoms with E-state index in [0.29, 0.717) is 32.6 Å². The molecule has 3 N–H and O–H groups in total. The summed E-state index contributed by atoms with van der Waals surface area (Å²) in [6, 6.07) is 0. The van der Waals surface area contributed by atoms with Crippen LogP contribution in [0.2, 0.25) is 0 Å². The number of carbonyl (C=O) groups is 1. The highest BCUT2D eigenvalue weighted by atomic mass is 16.5. The van der Waals surface area contributed by atoms with Crippen molar-refractivity contribution in [2.75, 3.05) is 25.1 Å². The van der Waals surface area contributed by atoms with Crippen molar-refractivity contribution in [1.82, 2.24) is 9.78 Å². The third-order valence-electron chi connectivity index (χ3n) is 4.07. The number of nitrogens with zero attached hydrogens (tertiary/aromatic N) is 2. The first kappa shape index (κ1) is 14.0. The van der Waals surface area contributed by atoms with Crippen molar-refractivity contribution in [3.8, 4) is 0 Å². The molecule has 1 aromatic rings. The summed E-state index contributed by atoms with van der Waals surface area (Å²) in [5.74, 6) is -0.0162. The number of hydrogen-bond acceptors (Lipinski definition) is 4. The van der Waals surface area contributed by atoms with Gasteiger partial charge in [-0.15, -0.1) is 0 Å². The molecule has 0 atom stereocenters. The zero-order valence-electron chi connectivity index (χ0n) is 11.8. The fraction of sp³-hybridized carbons (Fsp3) is 0.692. The predicted octanol–water partition coefficient (Wildman–Crippen LogP) is 0.731. The number of carbonyl (C=O) groups excluding carboxylic acids is 1.